The fourth-order valence-corrected chi connectivity index (χ4v) is 5.22. The molecule has 6 nitrogen and oxygen atoms in total. The second kappa shape index (κ2) is 9.00. The number of rotatable bonds is 4. The number of carbonyl (C=O) groups excluding carboxylic acids is 2. The summed E-state index contributed by atoms with van der Waals surface area (Å²) in [6.45, 7) is 9.79. The summed E-state index contributed by atoms with van der Waals surface area (Å²) in [4.78, 5) is 33.5. The minimum Gasteiger partial charge on any atom is -0.369 e. The third-order valence-corrected chi connectivity index (χ3v) is 7.17. The largest absolute Gasteiger partial charge is 0.369 e. The van der Waals surface area contributed by atoms with Crippen LogP contribution in [0.4, 0.5) is 10.5 Å². The van der Waals surface area contributed by atoms with Crippen LogP contribution in [0.3, 0.4) is 0 Å². The minimum absolute atomic E-state index is 0.332. The smallest absolute Gasteiger partial charge is 0.290 e. The number of aryl methyl sites for hydroxylation is 1. The number of carbonyl (C=O) groups is 2. The highest BCUT2D eigenvalue weighted by Gasteiger charge is 2.25. The van der Waals surface area contributed by atoms with E-state index in [0.717, 1.165) is 72.1 Å². The number of thioether (sulfide) groups is 1. The first-order chi connectivity index (χ1) is 16.0. The number of nitrogens with one attached hydrogen (secondary N) is 1. The number of imide groups is 1. The van der Waals surface area contributed by atoms with E-state index in [1.165, 1.54) is 11.3 Å². The van der Waals surface area contributed by atoms with Gasteiger partial charge in [0.1, 0.15) is 0 Å². The second-order valence-electron chi connectivity index (χ2n) is 8.41. The zero-order chi connectivity index (χ0) is 22.9. The maximum Gasteiger partial charge on any atom is 0.290 e. The van der Waals surface area contributed by atoms with Crippen molar-refractivity contribution in [2.24, 2.45) is 0 Å². The van der Waals surface area contributed by atoms with Gasteiger partial charge < -0.3 is 9.80 Å². The van der Waals surface area contributed by atoms with E-state index in [4.69, 9.17) is 4.98 Å². The van der Waals surface area contributed by atoms with Gasteiger partial charge in [0.25, 0.3) is 11.1 Å². The van der Waals surface area contributed by atoms with Gasteiger partial charge in [-0.15, -0.1) is 0 Å². The first kappa shape index (κ1) is 21.7. The van der Waals surface area contributed by atoms with Gasteiger partial charge in [-0.2, -0.15) is 0 Å². The van der Waals surface area contributed by atoms with Crippen molar-refractivity contribution < 1.29 is 9.59 Å². The molecule has 2 aliphatic heterocycles. The van der Waals surface area contributed by atoms with E-state index in [-0.39, 0.29) is 11.1 Å². The van der Waals surface area contributed by atoms with Crippen LogP contribution in [0.15, 0.2) is 53.6 Å². The number of hydrogen-bond donors (Lipinski definition) is 1. The van der Waals surface area contributed by atoms with Gasteiger partial charge >= 0.3 is 0 Å². The van der Waals surface area contributed by atoms with E-state index in [0.29, 0.717) is 4.91 Å². The molecule has 2 aromatic carbocycles. The third kappa shape index (κ3) is 4.38. The van der Waals surface area contributed by atoms with Crippen LogP contribution in [0, 0.1) is 6.92 Å². The minimum atomic E-state index is -0.345. The predicted molar refractivity (Wildman–Crippen MR) is 135 cm³/mol. The lowest BCUT2D eigenvalue weighted by Crippen LogP contribution is -2.46. The van der Waals surface area contributed by atoms with Crippen LogP contribution in [0.5, 0.6) is 0 Å². The van der Waals surface area contributed by atoms with Crippen LogP contribution in [-0.4, -0.2) is 53.8 Å². The molecule has 0 aliphatic carbocycles. The van der Waals surface area contributed by atoms with Gasteiger partial charge in [0.15, 0.2) is 0 Å². The maximum atomic E-state index is 11.9. The predicted octanol–water partition coefficient (Wildman–Crippen LogP) is 4.68. The van der Waals surface area contributed by atoms with Crippen molar-refractivity contribution in [3.8, 4) is 11.3 Å². The number of amides is 2. The van der Waals surface area contributed by atoms with Crippen molar-refractivity contribution in [2.45, 2.75) is 13.8 Å². The van der Waals surface area contributed by atoms with Gasteiger partial charge in [0.05, 0.1) is 10.6 Å². The Labute approximate surface area is 197 Å². The summed E-state index contributed by atoms with van der Waals surface area (Å²) < 4.78 is 0. The molecule has 33 heavy (non-hydrogen) atoms. The number of hydrogen-bond acceptors (Lipinski definition) is 6. The zero-order valence-corrected chi connectivity index (χ0v) is 19.6. The fraction of sp³-hybridized carbons (Fsp3) is 0.269. The molecule has 0 saturated carbocycles. The molecule has 0 radical (unpaired) electrons. The van der Waals surface area contributed by atoms with Crippen molar-refractivity contribution in [1.82, 2.24) is 15.2 Å². The molecule has 0 unspecified atom stereocenters. The Morgan fingerprint density at radius 2 is 1.88 bits per heavy atom. The van der Waals surface area contributed by atoms with E-state index in [1.54, 1.807) is 6.08 Å². The average molecular weight is 459 g/mol. The number of benzene rings is 2. The third-order valence-electron chi connectivity index (χ3n) is 6.36. The zero-order valence-electron chi connectivity index (χ0n) is 18.8. The summed E-state index contributed by atoms with van der Waals surface area (Å²) in [5, 5.41) is 4.07. The van der Waals surface area contributed by atoms with Crippen molar-refractivity contribution in [3.05, 3.63) is 64.7 Å². The van der Waals surface area contributed by atoms with Crippen LogP contribution >= 0.6 is 11.8 Å². The number of piperazine rings is 1. The lowest BCUT2D eigenvalue weighted by Gasteiger charge is -2.36. The second-order valence-corrected chi connectivity index (χ2v) is 9.43. The van der Waals surface area contributed by atoms with Gasteiger partial charge in [0, 0.05) is 49.0 Å². The van der Waals surface area contributed by atoms with Gasteiger partial charge in [-0.25, -0.2) is 0 Å². The Bertz CT molecular complexity index is 1280. The summed E-state index contributed by atoms with van der Waals surface area (Å²) >= 11 is 0.931. The molecule has 7 heteroatoms. The SMILES string of the molecule is CCN1CCN(c2ccc(-c3nccc4ccc(C=C5SC(=O)NC5=O)cc34)cc2C)CC1. The Kier molecular flexibility index (Phi) is 5.91. The number of fused-ring (bicyclic) bond motifs is 1. The van der Waals surface area contributed by atoms with E-state index < -0.39 is 0 Å². The monoisotopic (exact) mass is 458 g/mol. The Morgan fingerprint density at radius 1 is 1.06 bits per heavy atom. The standard InChI is InChI=1S/C26H26N4O2S/c1-3-29-10-12-30(13-11-29)22-7-6-20(14-17(22)2)24-21-15-18(4-5-19(21)8-9-27-24)16-23-25(31)28-26(32)33-23/h4-9,14-16H,3,10-13H2,1-2H3,(H,28,31,32). The summed E-state index contributed by atoms with van der Waals surface area (Å²) in [5.41, 5.74) is 5.38. The van der Waals surface area contributed by atoms with Gasteiger partial charge in [-0.1, -0.05) is 25.1 Å². The number of anilines is 1. The highest BCUT2D eigenvalue weighted by molar-refractivity contribution is 8.18. The number of likely N-dealkylation sites (N-methyl/N-ethyl adjacent to an activating group) is 1. The molecule has 1 N–H and O–H groups in total. The van der Waals surface area contributed by atoms with Crippen LogP contribution < -0.4 is 10.2 Å². The molecule has 2 aliphatic rings. The Hall–Kier alpha value is -3.16. The molecule has 2 fully saturated rings. The van der Waals surface area contributed by atoms with Crippen LogP contribution in [0.25, 0.3) is 28.1 Å². The summed E-state index contributed by atoms with van der Waals surface area (Å²) in [7, 11) is 0. The number of nitrogens with zero attached hydrogens (tertiary/aromatic N) is 3. The van der Waals surface area contributed by atoms with E-state index in [1.807, 2.05) is 30.5 Å². The fourth-order valence-electron chi connectivity index (χ4n) is 4.54. The molecular weight excluding hydrogens is 432 g/mol. The normalized spacial score (nSPS) is 18.4. The Balaban J connectivity index is 1.48. The van der Waals surface area contributed by atoms with E-state index >= 15 is 0 Å². The molecule has 3 aromatic rings. The van der Waals surface area contributed by atoms with Crippen LogP contribution in [0.2, 0.25) is 0 Å². The molecule has 0 spiro atoms. The molecule has 2 amide bonds. The molecule has 0 bridgehead atoms. The average Bonchev–Trinajstić information content (AvgIpc) is 3.15. The lowest BCUT2D eigenvalue weighted by molar-refractivity contribution is -0.115. The summed E-state index contributed by atoms with van der Waals surface area (Å²) in [6.07, 6.45) is 3.59. The first-order valence-corrected chi connectivity index (χ1v) is 12.1. The molecule has 0 atom stereocenters. The summed E-state index contributed by atoms with van der Waals surface area (Å²) in [5.74, 6) is -0.345. The maximum absolute atomic E-state index is 11.9. The Morgan fingerprint density at radius 3 is 2.58 bits per heavy atom. The molecule has 3 heterocycles. The van der Waals surface area contributed by atoms with E-state index in [2.05, 4.69) is 47.2 Å². The lowest BCUT2D eigenvalue weighted by atomic mass is 9.99. The van der Waals surface area contributed by atoms with Crippen LogP contribution in [-0.2, 0) is 4.79 Å². The number of aromatic nitrogens is 1. The first-order valence-electron chi connectivity index (χ1n) is 11.2. The van der Waals surface area contributed by atoms with Crippen molar-refractivity contribution >= 4 is 45.4 Å². The molecule has 5 rings (SSSR count). The molecule has 168 valence electrons. The summed E-state index contributed by atoms with van der Waals surface area (Å²) in [6, 6.07) is 14.6. The van der Waals surface area contributed by atoms with E-state index in [9.17, 15) is 9.59 Å². The topological polar surface area (TPSA) is 65.5 Å². The molecule has 1 aromatic heterocycles. The highest BCUT2D eigenvalue weighted by atomic mass is 32.2. The molecule has 2 saturated heterocycles. The van der Waals surface area contributed by atoms with Gasteiger partial charge in [-0.3, -0.25) is 19.9 Å². The van der Waals surface area contributed by atoms with Crippen molar-refractivity contribution in [2.75, 3.05) is 37.6 Å². The molecular formula is C26H26N4O2S. The van der Waals surface area contributed by atoms with Crippen molar-refractivity contribution in [1.29, 1.82) is 0 Å². The quantitative estimate of drug-likeness (QED) is 0.573. The van der Waals surface area contributed by atoms with Crippen molar-refractivity contribution in [3.63, 3.8) is 0 Å². The highest BCUT2D eigenvalue weighted by Crippen LogP contribution is 2.33. The van der Waals surface area contributed by atoms with Gasteiger partial charge in [0.2, 0.25) is 0 Å². The van der Waals surface area contributed by atoms with Gasteiger partial charge in [-0.05, 0) is 72.1 Å². The number of pyridine rings is 1. The van der Waals surface area contributed by atoms with Crippen LogP contribution in [0.1, 0.15) is 18.1 Å².